The lowest BCUT2D eigenvalue weighted by Crippen LogP contribution is -2.38. The topological polar surface area (TPSA) is 55.1 Å². The first-order valence-electron chi connectivity index (χ1n) is 6.44. The molecule has 1 aliphatic rings. The number of carbonyl (C=O) groups excluding carboxylic acids is 1. The molecule has 3 heteroatoms. The van der Waals surface area contributed by atoms with E-state index in [1.54, 1.807) is 0 Å². The summed E-state index contributed by atoms with van der Waals surface area (Å²) in [5.41, 5.74) is 8.52. The normalized spacial score (nSPS) is 17.4. The van der Waals surface area contributed by atoms with Gasteiger partial charge in [0.25, 0.3) is 0 Å². The average Bonchev–Trinajstić information content (AvgIpc) is 2.99. The highest BCUT2D eigenvalue weighted by atomic mass is 16.2. The van der Waals surface area contributed by atoms with Crippen molar-refractivity contribution in [2.24, 2.45) is 5.73 Å². The predicted molar refractivity (Wildman–Crippen MR) is 74.7 cm³/mol. The summed E-state index contributed by atoms with van der Waals surface area (Å²) < 4.78 is 0. The van der Waals surface area contributed by atoms with Crippen molar-refractivity contribution >= 4 is 11.6 Å². The van der Waals surface area contributed by atoms with E-state index in [2.05, 4.69) is 38.2 Å². The highest BCUT2D eigenvalue weighted by molar-refractivity contribution is 6.00. The Kier molecular flexibility index (Phi) is 2.98. The van der Waals surface area contributed by atoms with Gasteiger partial charge in [0, 0.05) is 5.69 Å². The van der Waals surface area contributed by atoms with Crippen LogP contribution in [0.1, 0.15) is 44.7 Å². The van der Waals surface area contributed by atoms with E-state index in [1.165, 1.54) is 5.56 Å². The van der Waals surface area contributed by atoms with Crippen LogP contribution < -0.4 is 11.1 Å². The van der Waals surface area contributed by atoms with Gasteiger partial charge in [-0.05, 0) is 42.4 Å². The lowest BCUT2D eigenvalue weighted by atomic mass is 9.86. The molecule has 18 heavy (non-hydrogen) atoms. The van der Waals surface area contributed by atoms with Gasteiger partial charge < -0.3 is 11.1 Å². The van der Waals surface area contributed by atoms with Crippen LogP contribution in [0.2, 0.25) is 0 Å². The summed E-state index contributed by atoms with van der Waals surface area (Å²) in [6.45, 7) is 8.48. The van der Waals surface area contributed by atoms with Gasteiger partial charge in [0.15, 0.2) is 0 Å². The van der Waals surface area contributed by atoms with Crippen LogP contribution in [0.4, 0.5) is 5.69 Å². The summed E-state index contributed by atoms with van der Waals surface area (Å²) in [5, 5.41) is 2.96. The third-order valence-electron chi connectivity index (χ3n) is 3.59. The molecule has 1 aliphatic carbocycles. The molecule has 3 nitrogen and oxygen atoms in total. The minimum Gasteiger partial charge on any atom is -0.324 e. The zero-order chi connectivity index (χ0) is 13.6. The van der Waals surface area contributed by atoms with Gasteiger partial charge in [0.1, 0.15) is 0 Å². The molecule has 0 atom stereocenters. The molecule has 0 unspecified atom stereocenters. The largest absolute Gasteiger partial charge is 0.324 e. The van der Waals surface area contributed by atoms with Crippen LogP contribution >= 0.6 is 0 Å². The van der Waals surface area contributed by atoms with Crippen LogP contribution in [-0.4, -0.2) is 11.4 Å². The fraction of sp³-hybridized carbons (Fsp3) is 0.533. The Hall–Kier alpha value is -1.35. The number of rotatable bonds is 2. The molecule has 0 spiro atoms. The van der Waals surface area contributed by atoms with Crippen LogP contribution in [0.25, 0.3) is 0 Å². The Morgan fingerprint density at radius 2 is 1.94 bits per heavy atom. The zero-order valence-electron chi connectivity index (χ0n) is 11.6. The number of nitrogens with two attached hydrogens (primary N) is 1. The maximum atomic E-state index is 12.0. The van der Waals surface area contributed by atoms with Gasteiger partial charge in [-0.25, -0.2) is 0 Å². The van der Waals surface area contributed by atoms with Crippen molar-refractivity contribution in [1.29, 1.82) is 0 Å². The smallest absolute Gasteiger partial charge is 0.244 e. The monoisotopic (exact) mass is 246 g/mol. The first-order valence-corrected chi connectivity index (χ1v) is 6.44. The van der Waals surface area contributed by atoms with Gasteiger partial charge >= 0.3 is 0 Å². The first-order chi connectivity index (χ1) is 8.22. The Morgan fingerprint density at radius 3 is 2.44 bits per heavy atom. The summed E-state index contributed by atoms with van der Waals surface area (Å²) in [7, 11) is 0. The van der Waals surface area contributed by atoms with Gasteiger partial charge in [-0.2, -0.15) is 0 Å². The van der Waals surface area contributed by atoms with E-state index < -0.39 is 5.54 Å². The van der Waals surface area contributed by atoms with Gasteiger partial charge in [0.05, 0.1) is 5.54 Å². The predicted octanol–water partition coefficient (Wildman–Crippen LogP) is 2.72. The van der Waals surface area contributed by atoms with Gasteiger partial charge in [0.2, 0.25) is 5.91 Å². The van der Waals surface area contributed by atoms with Crippen molar-refractivity contribution in [2.75, 3.05) is 5.32 Å². The Bertz CT molecular complexity index is 482. The molecule has 1 aromatic carbocycles. The molecule has 98 valence electrons. The summed E-state index contributed by atoms with van der Waals surface area (Å²) in [6.07, 6.45) is 1.58. The van der Waals surface area contributed by atoms with Crippen LogP contribution in [-0.2, 0) is 10.2 Å². The Morgan fingerprint density at radius 1 is 1.33 bits per heavy atom. The summed E-state index contributed by atoms with van der Waals surface area (Å²) in [6, 6.07) is 6.21. The molecule has 1 fully saturated rings. The van der Waals surface area contributed by atoms with Crippen LogP contribution in [0.3, 0.4) is 0 Å². The summed E-state index contributed by atoms with van der Waals surface area (Å²) in [5.74, 6) is -0.0586. The minimum atomic E-state index is -0.621. The van der Waals surface area contributed by atoms with E-state index in [0.29, 0.717) is 0 Å². The molecule has 1 saturated carbocycles. The second-order valence-electron chi connectivity index (χ2n) is 6.39. The number of hydrogen-bond acceptors (Lipinski definition) is 2. The highest BCUT2D eigenvalue weighted by Gasteiger charge is 2.46. The van der Waals surface area contributed by atoms with Crippen LogP contribution in [0.15, 0.2) is 18.2 Å². The van der Waals surface area contributed by atoms with Crippen molar-refractivity contribution in [2.45, 2.75) is 51.5 Å². The summed E-state index contributed by atoms with van der Waals surface area (Å²) in [4.78, 5) is 12.0. The van der Waals surface area contributed by atoms with Crippen molar-refractivity contribution in [3.8, 4) is 0 Å². The van der Waals surface area contributed by atoms with Gasteiger partial charge in [-0.15, -0.1) is 0 Å². The fourth-order valence-electron chi connectivity index (χ4n) is 1.83. The molecule has 1 amide bonds. The molecule has 0 bridgehead atoms. The number of benzene rings is 1. The molecule has 0 aliphatic heterocycles. The minimum absolute atomic E-state index is 0.0586. The van der Waals surface area contributed by atoms with E-state index in [9.17, 15) is 4.79 Å². The van der Waals surface area contributed by atoms with E-state index in [0.717, 1.165) is 24.1 Å². The van der Waals surface area contributed by atoms with E-state index in [4.69, 9.17) is 5.73 Å². The average molecular weight is 246 g/mol. The molecule has 3 N–H and O–H groups in total. The first kappa shape index (κ1) is 13.1. The fourth-order valence-corrected chi connectivity index (χ4v) is 1.83. The van der Waals surface area contributed by atoms with E-state index >= 15 is 0 Å². The second-order valence-corrected chi connectivity index (χ2v) is 6.39. The lowest BCUT2D eigenvalue weighted by Gasteiger charge is -2.21. The number of carbonyl (C=O) groups is 1. The number of aryl methyl sites for hydroxylation is 1. The van der Waals surface area contributed by atoms with Crippen LogP contribution in [0, 0.1) is 6.92 Å². The second kappa shape index (κ2) is 4.09. The van der Waals surface area contributed by atoms with Crippen molar-refractivity contribution < 1.29 is 4.79 Å². The molecule has 2 rings (SSSR count). The van der Waals surface area contributed by atoms with Crippen molar-refractivity contribution in [3.63, 3.8) is 0 Å². The molecule has 0 saturated heterocycles. The Labute approximate surface area is 109 Å². The van der Waals surface area contributed by atoms with Gasteiger partial charge in [-0.1, -0.05) is 32.9 Å². The number of nitrogens with one attached hydrogen (secondary N) is 1. The lowest BCUT2D eigenvalue weighted by molar-refractivity contribution is -0.118. The number of amides is 1. The van der Waals surface area contributed by atoms with Crippen LogP contribution in [0.5, 0.6) is 0 Å². The molecular formula is C15H22N2O. The molecular weight excluding hydrogens is 224 g/mol. The molecule has 0 radical (unpaired) electrons. The SMILES string of the molecule is Cc1ccc(C(C)(C)C)cc1NC(=O)C1(N)CC1. The zero-order valence-corrected chi connectivity index (χ0v) is 11.6. The highest BCUT2D eigenvalue weighted by Crippen LogP contribution is 2.34. The third-order valence-corrected chi connectivity index (χ3v) is 3.59. The quantitative estimate of drug-likeness (QED) is 0.843. The van der Waals surface area contributed by atoms with E-state index in [-0.39, 0.29) is 11.3 Å². The number of anilines is 1. The number of hydrogen-bond donors (Lipinski definition) is 2. The summed E-state index contributed by atoms with van der Waals surface area (Å²) >= 11 is 0. The molecule has 0 heterocycles. The van der Waals surface area contributed by atoms with Crippen molar-refractivity contribution in [1.82, 2.24) is 0 Å². The maximum absolute atomic E-state index is 12.0. The maximum Gasteiger partial charge on any atom is 0.244 e. The molecule has 1 aromatic rings. The van der Waals surface area contributed by atoms with Gasteiger partial charge in [-0.3, -0.25) is 4.79 Å². The standard InChI is InChI=1S/C15H22N2O/c1-10-5-6-11(14(2,3)4)9-12(10)17-13(18)15(16)7-8-15/h5-6,9H,7-8,16H2,1-4H3,(H,17,18). The third kappa shape index (κ3) is 2.56. The molecule has 0 aromatic heterocycles. The van der Waals surface area contributed by atoms with E-state index in [1.807, 2.05) is 13.0 Å². The van der Waals surface area contributed by atoms with Crippen molar-refractivity contribution in [3.05, 3.63) is 29.3 Å². The Balaban J connectivity index is 2.24.